The first kappa shape index (κ1) is 8.19. The molecule has 0 saturated carbocycles. The number of carbonyl (C=O) groups is 1. The molecule has 1 heterocycles. The number of ketones is 1. The van der Waals surface area contributed by atoms with E-state index in [4.69, 9.17) is 0 Å². The van der Waals surface area contributed by atoms with E-state index in [1.54, 1.807) is 7.05 Å². The molecule has 0 amide bonds. The van der Waals surface area contributed by atoms with Gasteiger partial charge < -0.3 is 0 Å². The van der Waals surface area contributed by atoms with E-state index in [9.17, 15) is 4.79 Å². The third-order valence-corrected chi connectivity index (χ3v) is 2.14. The molecule has 1 aromatic heterocycles. The molecule has 11 heavy (non-hydrogen) atoms. The van der Waals surface area contributed by atoms with Crippen LogP contribution in [0.15, 0.2) is 5.16 Å². The zero-order chi connectivity index (χ0) is 8.27. The number of carbonyl (C=O) groups excluding carboxylic acids is 1. The summed E-state index contributed by atoms with van der Waals surface area (Å²) in [7, 11) is 1.74. The van der Waals surface area contributed by atoms with Crippen LogP contribution in [0.25, 0.3) is 0 Å². The fourth-order valence-corrected chi connectivity index (χ4v) is 1.16. The van der Waals surface area contributed by atoms with E-state index in [1.165, 1.54) is 23.4 Å². The van der Waals surface area contributed by atoms with Crippen LogP contribution in [0.1, 0.15) is 6.92 Å². The number of aromatic nitrogens is 4. The summed E-state index contributed by atoms with van der Waals surface area (Å²) in [5.74, 6) is 0.548. The van der Waals surface area contributed by atoms with Crippen LogP contribution in [0.2, 0.25) is 0 Å². The lowest BCUT2D eigenvalue weighted by Crippen LogP contribution is -1.98. The third-order valence-electron chi connectivity index (χ3n) is 0.986. The predicted octanol–water partition coefficient (Wildman–Crippen LogP) is -0.109. The number of Topliss-reactive ketones (excluding diaryl/α,β-unsaturated/α-hetero) is 1. The minimum absolute atomic E-state index is 0.123. The lowest BCUT2D eigenvalue weighted by Gasteiger charge is -1.93. The highest BCUT2D eigenvalue weighted by Gasteiger charge is 2.03. The van der Waals surface area contributed by atoms with Gasteiger partial charge in [0.05, 0.1) is 5.75 Å². The average molecular weight is 172 g/mol. The highest BCUT2D eigenvalue weighted by molar-refractivity contribution is 7.99. The van der Waals surface area contributed by atoms with Gasteiger partial charge in [-0.3, -0.25) is 4.79 Å². The first-order valence-corrected chi connectivity index (χ1v) is 4.03. The molecule has 0 N–H and O–H groups in total. The largest absolute Gasteiger partial charge is 0.299 e. The SMILES string of the molecule is CC(=O)CSc1nnnn1C. The molecule has 0 aromatic carbocycles. The average Bonchev–Trinajstić information content (AvgIpc) is 2.31. The van der Waals surface area contributed by atoms with Crippen molar-refractivity contribution in [3.63, 3.8) is 0 Å². The molecule has 0 aliphatic heterocycles. The van der Waals surface area contributed by atoms with Crippen LogP contribution in [0.3, 0.4) is 0 Å². The van der Waals surface area contributed by atoms with Crippen LogP contribution in [0.5, 0.6) is 0 Å². The van der Waals surface area contributed by atoms with E-state index in [0.717, 1.165) is 0 Å². The Kier molecular flexibility index (Phi) is 2.58. The maximum Gasteiger partial charge on any atom is 0.209 e. The van der Waals surface area contributed by atoms with E-state index in [-0.39, 0.29) is 5.78 Å². The third kappa shape index (κ3) is 2.30. The van der Waals surface area contributed by atoms with Crippen LogP contribution < -0.4 is 0 Å². The monoisotopic (exact) mass is 172 g/mol. The van der Waals surface area contributed by atoms with Gasteiger partial charge in [0, 0.05) is 7.05 Å². The Balaban J connectivity index is 2.51. The second-order valence-electron chi connectivity index (χ2n) is 2.08. The van der Waals surface area contributed by atoms with Gasteiger partial charge in [-0.05, 0) is 17.4 Å². The fourth-order valence-electron chi connectivity index (χ4n) is 0.510. The van der Waals surface area contributed by atoms with Gasteiger partial charge >= 0.3 is 0 Å². The molecule has 0 fully saturated rings. The minimum atomic E-state index is 0.123. The zero-order valence-corrected chi connectivity index (χ0v) is 7.13. The Morgan fingerprint density at radius 3 is 2.91 bits per heavy atom. The molecule has 0 bridgehead atoms. The number of nitrogens with zero attached hydrogens (tertiary/aromatic N) is 4. The Hall–Kier alpha value is -0.910. The summed E-state index contributed by atoms with van der Waals surface area (Å²) < 4.78 is 1.54. The molecule has 0 atom stereocenters. The molecule has 0 aliphatic carbocycles. The summed E-state index contributed by atoms with van der Waals surface area (Å²) in [6, 6.07) is 0. The quantitative estimate of drug-likeness (QED) is 0.595. The van der Waals surface area contributed by atoms with Gasteiger partial charge in [0.1, 0.15) is 5.78 Å². The standard InChI is InChI=1S/C5H8N4OS/c1-4(10)3-11-5-6-7-8-9(5)2/h3H2,1-2H3. The predicted molar refractivity (Wildman–Crippen MR) is 40.2 cm³/mol. The smallest absolute Gasteiger partial charge is 0.209 e. The van der Waals surface area contributed by atoms with Crippen LogP contribution in [-0.2, 0) is 11.8 Å². The molecule has 0 saturated heterocycles. The second kappa shape index (κ2) is 3.47. The first-order chi connectivity index (χ1) is 5.20. The molecule has 1 aromatic rings. The van der Waals surface area contributed by atoms with E-state index in [2.05, 4.69) is 15.5 Å². The topological polar surface area (TPSA) is 60.7 Å². The lowest BCUT2D eigenvalue weighted by atomic mass is 10.5. The highest BCUT2D eigenvalue weighted by Crippen LogP contribution is 2.11. The lowest BCUT2D eigenvalue weighted by molar-refractivity contribution is -0.114. The number of hydrogen-bond donors (Lipinski definition) is 0. The Labute approximate surface area is 68.2 Å². The van der Waals surface area contributed by atoms with Gasteiger partial charge in [-0.15, -0.1) is 5.10 Å². The number of tetrazole rings is 1. The molecule has 0 aliphatic rings. The first-order valence-electron chi connectivity index (χ1n) is 3.04. The molecular weight excluding hydrogens is 164 g/mol. The summed E-state index contributed by atoms with van der Waals surface area (Å²) in [5, 5.41) is 11.4. The number of rotatable bonds is 3. The normalized spacial score (nSPS) is 10.0. The van der Waals surface area contributed by atoms with E-state index < -0.39 is 0 Å². The second-order valence-corrected chi connectivity index (χ2v) is 3.02. The number of aryl methyl sites for hydroxylation is 1. The molecule has 0 spiro atoms. The summed E-state index contributed by atoms with van der Waals surface area (Å²) in [5.41, 5.74) is 0. The molecule has 5 nitrogen and oxygen atoms in total. The summed E-state index contributed by atoms with van der Waals surface area (Å²) in [6.07, 6.45) is 0. The van der Waals surface area contributed by atoms with Crippen LogP contribution >= 0.6 is 11.8 Å². The maximum absolute atomic E-state index is 10.6. The van der Waals surface area contributed by atoms with Crippen LogP contribution in [-0.4, -0.2) is 31.7 Å². The zero-order valence-electron chi connectivity index (χ0n) is 6.31. The summed E-state index contributed by atoms with van der Waals surface area (Å²) >= 11 is 1.34. The molecule has 0 unspecified atom stereocenters. The van der Waals surface area contributed by atoms with Crippen molar-refractivity contribution in [3.8, 4) is 0 Å². The Morgan fingerprint density at radius 1 is 1.73 bits per heavy atom. The summed E-state index contributed by atoms with van der Waals surface area (Å²) in [4.78, 5) is 10.6. The van der Waals surface area contributed by atoms with Gasteiger partial charge in [0.25, 0.3) is 0 Å². The molecule has 0 radical (unpaired) electrons. The van der Waals surface area contributed by atoms with E-state index >= 15 is 0 Å². The van der Waals surface area contributed by atoms with Crippen LogP contribution in [0.4, 0.5) is 0 Å². The highest BCUT2D eigenvalue weighted by atomic mass is 32.2. The fraction of sp³-hybridized carbons (Fsp3) is 0.600. The van der Waals surface area contributed by atoms with Crippen molar-refractivity contribution >= 4 is 17.5 Å². The van der Waals surface area contributed by atoms with Crippen molar-refractivity contribution < 1.29 is 4.79 Å². The van der Waals surface area contributed by atoms with Crippen molar-refractivity contribution in [2.45, 2.75) is 12.1 Å². The van der Waals surface area contributed by atoms with Crippen molar-refractivity contribution in [1.29, 1.82) is 0 Å². The molecule has 60 valence electrons. The minimum Gasteiger partial charge on any atom is -0.299 e. The summed E-state index contributed by atoms with van der Waals surface area (Å²) in [6.45, 7) is 1.54. The van der Waals surface area contributed by atoms with E-state index in [0.29, 0.717) is 10.9 Å². The molecular formula is C5H8N4OS. The number of hydrogen-bond acceptors (Lipinski definition) is 5. The van der Waals surface area contributed by atoms with Crippen molar-refractivity contribution in [3.05, 3.63) is 0 Å². The van der Waals surface area contributed by atoms with Crippen LogP contribution in [0, 0.1) is 0 Å². The Morgan fingerprint density at radius 2 is 2.45 bits per heavy atom. The molecule has 1 rings (SSSR count). The van der Waals surface area contributed by atoms with Crippen molar-refractivity contribution in [1.82, 2.24) is 20.2 Å². The van der Waals surface area contributed by atoms with E-state index in [1.807, 2.05) is 0 Å². The maximum atomic E-state index is 10.6. The van der Waals surface area contributed by atoms with Gasteiger partial charge in [-0.25, -0.2) is 4.68 Å². The molecule has 6 heteroatoms. The van der Waals surface area contributed by atoms with Gasteiger partial charge in [0.15, 0.2) is 0 Å². The van der Waals surface area contributed by atoms with Gasteiger partial charge in [0.2, 0.25) is 5.16 Å². The number of thioether (sulfide) groups is 1. The Bertz CT molecular complexity index is 259. The van der Waals surface area contributed by atoms with Crippen molar-refractivity contribution in [2.75, 3.05) is 5.75 Å². The van der Waals surface area contributed by atoms with Gasteiger partial charge in [-0.2, -0.15) is 0 Å². The van der Waals surface area contributed by atoms with Crippen molar-refractivity contribution in [2.24, 2.45) is 7.05 Å². The van der Waals surface area contributed by atoms with Gasteiger partial charge in [-0.1, -0.05) is 11.8 Å².